The van der Waals surface area contributed by atoms with E-state index in [-0.39, 0.29) is 6.61 Å². The lowest BCUT2D eigenvalue weighted by molar-refractivity contribution is -0.181. The number of cyclic esters (lactones) is 1. The Hall–Kier alpha value is -2.12. The van der Waals surface area contributed by atoms with E-state index < -0.39 is 41.7 Å². The van der Waals surface area contributed by atoms with Crippen molar-refractivity contribution < 1.29 is 38.1 Å². The maximum absolute atomic E-state index is 11.8. The lowest BCUT2D eigenvalue weighted by Crippen LogP contribution is -2.50. The van der Waals surface area contributed by atoms with E-state index in [0.717, 1.165) is 13.8 Å². The third kappa shape index (κ3) is 3.46. The topological polar surface area (TPSA) is 105 Å². The fraction of sp³-hybridized carbons (Fsp3) is 0.667. The molecule has 0 aromatic carbocycles. The van der Waals surface area contributed by atoms with Crippen LogP contribution in [0.5, 0.6) is 0 Å². The van der Waals surface area contributed by atoms with Crippen LogP contribution in [-0.4, -0.2) is 48.3 Å². The molecule has 8 nitrogen and oxygen atoms in total. The third-order valence-electron chi connectivity index (χ3n) is 2.64. The fourth-order valence-corrected chi connectivity index (χ4v) is 1.87. The zero-order valence-electron chi connectivity index (χ0n) is 11.6. The van der Waals surface area contributed by atoms with Gasteiger partial charge in [-0.3, -0.25) is 14.4 Å². The van der Waals surface area contributed by atoms with Crippen molar-refractivity contribution in [3.05, 3.63) is 0 Å². The number of carbonyl (C=O) groups is 4. The number of ether oxygens (including phenoxy) is 4. The van der Waals surface area contributed by atoms with Crippen molar-refractivity contribution in [2.24, 2.45) is 0 Å². The number of rotatable bonds is 4. The first-order valence-electron chi connectivity index (χ1n) is 5.88. The summed E-state index contributed by atoms with van der Waals surface area (Å²) in [5, 5.41) is 0. The predicted molar refractivity (Wildman–Crippen MR) is 62.2 cm³/mol. The highest BCUT2D eigenvalue weighted by molar-refractivity contribution is 5.86. The Morgan fingerprint density at radius 3 is 2.20 bits per heavy atom. The van der Waals surface area contributed by atoms with Crippen molar-refractivity contribution in [2.75, 3.05) is 6.61 Å². The molecule has 0 saturated carbocycles. The molecule has 8 heteroatoms. The molecule has 0 radical (unpaired) electrons. The summed E-state index contributed by atoms with van der Waals surface area (Å²) in [6.45, 7) is 4.42. The van der Waals surface area contributed by atoms with Crippen molar-refractivity contribution in [1.29, 1.82) is 0 Å². The number of hydrogen-bond donors (Lipinski definition) is 0. The molecule has 0 aromatic rings. The number of carbonyl (C=O) groups excluding carboxylic acids is 4. The molecule has 112 valence electrons. The second-order valence-corrected chi connectivity index (χ2v) is 4.48. The zero-order valence-corrected chi connectivity index (χ0v) is 11.6. The minimum atomic E-state index is -1.76. The maximum Gasteiger partial charge on any atom is 0.355 e. The Morgan fingerprint density at radius 2 is 1.75 bits per heavy atom. The highest BCUT2D eigenvalue weighted by atomic mass is 16.7. The molecule has 0 spiro atoms. The summed E-state index contributed by atoms with van der Waals surface area (Å²) in [6, 6.07) is 0. The van der Waals surface area contributed by atoms with E-state index in [1.54, 1.807) is 0 Å². The van der Waals surface area contributed by atoms with Gasteiger partial charge in [0.15, 0.2) is 12.2 Å². The summed E-state index contributed by atoms with van der Waals surface area (Å²) in [7, 11) is 0. The first-order valence-corrected chi connectivity index (χ1v) is 5.88. The van der Waals surface area contributed by atoms with Gasteiger partial charge < -0.3 is 18.9 Å². The first kappa shape index (κ1) is 15.9. The van der Waals surface area contributed by atoms with Crippen molar-refractivity contribution in [1.82, 2.24) is 0 Å². The number of esters is 4. The van der Waals surface area contributed by atoms with Crippen molar-refractivity contribution >= 4 is 23.9 Å². The van der Waals surface area contributed by atoms with Crippen LogP contribution in [0.4, 0.5) is 0 Å². The van der Waals surface area contributed by atoms with Crippen molar-refractivity contribution in [3.8, 4) is 0 Å². The van der Waals surface area contributed by atoms with Crippen LogP contribution in [0.3, 0.4) is 0 Å². The van der Waals surface area contributed by atoms with E-state index in [2.05, 4.69) is 0 Å². The minimum Gasteiger partial charge on any atom is -0.462 e. The highest BCUT2D eigenvalue weighted by Gasteiger charge is 2.60. The second-order valence-electron chi connectivity index (χ2n) is 4.48. The Morgan fingerprint density at radius 1 is 1.15 bits per heavy atom. The summed E-state index contributed by atoms with van der Waals surface area (Å²) < 4.78 is 19.6. The molecule has 0 aliphatic carbocycles. The summed E-state index contributed by atoms with van der Waals surface area (Å²) in [6.07, 6.45) is -2.21. The Kier molecular flexibility index (Phi) is 4.69. The van der Waals surface area contributed by atoms with Gasteiger partial charge in [-0.25, -0.2) is 4.79 Å². The van der Waals surface area contributed by atoms with Crippen molar-refractivity contribution in [3.63, 3.8) is 0 Å². The predicted octanol–water partition coefficient (Wildman–Crippen LogP) is -0.272. The van der Waals surface area contributed by atoms with Crippen LogP contribution >= 0.6 is 0 Å². The van der Waals surface area contributed by atoms with Gasteiger partial charge in [-0.15, -0.1) is 0 Å². The molecule has 0 amide bonds. The van der Waals surface area contributed by atoms with E-state index in [1.807, 2.05) is 0 Å². The molecule has 0 bridgehead atoms. The maximum atomic E-state index is 11.8. The van der Waals surface area contributed by atoms with Crippen LogP contribution in [0.1, 0.15) is 27.7 Å². The van der Waals surface area contributed by atoms with Gasteiger partial charge in [0.05, 0.1) is 0 Å². The summed E-state index contributed by atoms with van der Waals surface area (Å²) in [5.74, 6) is -2.85. The molecule has 1 saturated heterocycles. The zero-order chi connectivity index (χ0) is 15.5. The fourth-order valence-electron chi connectivity index (χ4n) is 1.87. The number of hydrogen-bond acceptors (Lipinski definition) is 8. The van der Waals surface area contributed by atoms with Crippen LogP contribution in [0.15, 0.2) is 0 Å². The molecule has 1 rings (SSSR count). The van der Waals surface area contributed by atoms with Gasteiger partial charge >= 0.3 is 23.9 Å². The van der Waals surface area contributed by atoms with Crippen LogP contribution in [0.2, 0.25) is 0 Å². The van der Waals surface area contributed by atoms with Gasteiger partial charge in [0, 0.05) is 20.8 Å². The molecule has 3 atom stereocenters. The van der Waals surface area contributed by atoms with E-state index in [4.69, 9.17) is 18.9 Å². The molecule has 1 aliphatic rings. The summed E-state index contributed by atoms with van der Waals surface area (Å²) in [5.41, 5.74) is -1.76. The quantitative estimate of drug-likeness (QED) is 0.514. The lowest BCUT2D eigenvalue weighted by Gasteiger charge is -2.27. The molecule has 20 heavy (non-hydrogen) atoms. The molecule has 1 fully saturated rings. The Bertz CT molecular complexity index is 443. The summed E-state index contributed by atoms with van der Waals surface area (Å²) >= 11 is 0. The Balaban J connectivity index is 2.97. The average molecular weight is 288 g/mol. The molecule has 1 aliphatic heterocycles. The molecule has 1 heterocycles. The van der Waals surface area contributed by atoms with Gasteiger partial charge in [0.1, 0.15) is 6.61 Å². The largest absolute Gasteiger partial charge is 0.462 e. The van der Waals surface area contributed by atoms with Gasteiger partial charge in [0.25, 0.3) is 0 Å². The SMILES string of the molecule is CC(=O)OC[C@H]1OC(=O)[C@](C)(OC(C)=O)[C@H]1OC(C)=O. The molecule has 0 unspecified atom stereocenters. The summed E-state index contributed by atoms with van der Waals surface area (Å²) in [4.78, 5) is 44.9. The van der Waals surface area contributed by atoms with E-state index in [0.29, 0.717) is 0 Å². The second kappa shape index (κ2) is 5.89. The molecule has 0 N–H and O–H groups in total. The van der Waals surface area contributed by atoms with E-state index in [9.17, 15) is 19.2 Å². The highest BCUT2D eigenvalue weighted by Crippen LogP contribution is 2.32. The van der Waals surface area contributed by atoms with Crippen LogP contribution in [0, 0.1) is 0 Å². The van der Waals surface area contributed by atoms with Gasteiger partial charge in [-0.1, -0.05) is 0 Å². The average Bonchev–Trinajstić information content (AvgIpc) is 2.49. The molecular weight excluding hydrogens is 272 g/mol. The van der Waals surface area contributed by atoms with Crippen molar-refractivity contribution in [2.45, 2.75) is 45.5 Å². The van der Waals surface area contributed by atoms with E-state index in [1.165, 1.54) is 13.8 Å². The molecule has 0 aromatic heterocycles. The van der Waals surface area contributed by atoms with Crippen LogP contribution < -0.4 is 0 Å². The van der Waals surface area contributed by atoms with E-state index >= 15 is 0 Å². The first-order chi connectivity index (χ1) is 9.16. The normalized spacial score (nSPS) is 28.5. The Labute approximate surface area is 115 Å². The third-order valence-corrected chi connectivity index (χ3v) is 2.64. The lowest BCUT2D eigenvalue weighted by atomic mass is 9.98. The minimum absolute atomic E-state index is 0.296. The van der Waals surface area contributed by atoms with Gasteiger partial charge in [-0.05, 0) is 6.92 Å². The van der Waals surface area contributed by atoms with Gasteiger partial charge in [0.2, 0.25) is 5.60 Å². The van der Waals surface area contributed by atoms with Gasteiger partial charge in [-0.2, -0.15) is 0 Å². The standard InChI is InChI=1S/C12H16O8/c1-6(13)17-5-9-10(18-7(2)14)12(4,11(16)19-9)20-8(3)15/h9-10H,5H2,1-4H3/t9-,10+,12-/m1/s1. The molecular formula is C12H16O8. The van der Waals surface area contributed by atoms with Crippen LogP contribution in [0.25, 0.3) is 0 Å². The van der Waals surface area contributed by atoms with Crippen LogP contribution in [-0.2, 0) is 38.1 Å². The smallest absolute Gasteiger partial charge is 0.355 e. The monoisotopic (exact) mass is 288 g/mol.